The van der Waals surface area contributed by atoms with E-state index in [1.807, 2.05) is 0 Å². The Labute approximate surface area is 85.8 Å². The molecule has 7 heteroatoms. The zero-order valence-electron chi connectivity index (χ0n) is 8.36. The van der Waals surface area contributed by atoms with Crippen molar-refractivity contribution in [3.8, 4) is 0 Å². The predicted molar refractivity (Wildman–Crippen MR) is 50.6 cm³/mol. The second-order valence-corrected chi connectivity index (χ2v) is 2.50. The summed E-state index contributed by atoms with van der Waals surface area (Å²) in [5, 5.41) is 8.39. The molecule has 0 aliphatic rings. The summed E-state index contributed by atoms with van der Waals surface area (Å²) in [6, 6.07) is 1.36. The first-order valence-corrected chi connectivity index (χ1v) is 4.25. The monoisotopic (exact) mass is 213 g/mol. The fourth-order valence-electron chi connectivity index (χ4n) is 0.855. The maximum absolute atomic E-state index is 11.2. The molecular formula is C8H11N3O4. The van der Waals surface area contributed by atoms with Crippen molar-refractivity contribution in [2.24, 2.45) is 0 Å². The van der Waals surface area contributed by atoms with Gasteiger partial charge in [-0.25, -0.2) is 9.59 Å². The maximum Gasteiger partial charge on any atom is 0.412 e. The Bertz CT molecular complexity index is 361. The number of amides is 1. The molecule has 0 unspecified atom stereocenters. The van der Waals surface area contributed by atoms with Crippen LogP contribution in [0.15, 0.2) is 6.07 Å². The van der Waals surface area contributed by atoms with Crippen LogP contribution in [0.4, 0.5) is 10.6 Å². The van der Waals surface area contributed by atoms with Gasteiger partial charge in [0, 0.05) is 6.07 Å². The SMILES string of the molecule is CCOC(=O)c1cc(NC(=O)OC)n[nH]1. The third kappa shape index (κ3) is 2.97. The van der Waals surface area contributed by atoms with Crippen LogP contribution in [0.25, 0.3) is 0 Å². The smallest absolute Gasteiger partial charge is 0.412 e. The number of aromatic amines is 1. The number of carbonyl (C=O) groups is 2. The van der Waals surface area contributed by atoms with Crippen molar-refractivity contribution < 1.29 is 19.1 Å². The number of methoxy groups -OCH3 is 1. The topological polar surface area (TPSA) is 93.3 Å². The van der Waals surface area contributed by atoms with Crippen LogP contribution in [0.3, 0.4) is 0 Å². The van der Waals surface area contributed by atoms with Gasteiger partial charge in [0.15, 0.2) is 5.82 Å². The zero-order valence-corrected chi connectivity index (χ0v) is 8.36. The van der Waals surface area contributed by atoms with Gasteiger partial charge in [0.05, 0.1) is 13.7 Å². The van der Waals surface area contributed by atoms with E-state index < -0.39 is 12.1 Å². The highest BCUT2D eigenvalue weighted by atomic mass is 16.5. The summed E-state index contributed by atoms with van der Waals surface area (Å²) in [5.74, 6) is -0.326. The molecule has 0 radical (unpaired) electrons. The van der Waals surface area contributed by atoms with Crippen molar-refractivity contribution >= 4 is 17.9 Å². The fourth-order valence-corrected chi connectivity index (χ4v) is 0.855. The van der Waals surface area contributed by atoms with Gasteiger partial charge in [-0.3, -0.25) is 10.4 Å². The van der Waals surface area contributed by atoms with E-state index in [1.165, 1.54) is 13.2 Å². The van der Waals surface area contributed by atoms with Crippen LogP contribution >= 0.6 is 0 Å². The summed E-state index contributed by atoms with van der Waals surface area (Å²) in [5.41, 5.74) is 0.170. The van der Waals surface area contributed by atoms with Crippen LogP contribution in [-0.4, -0.2) is 36.0 Å². The number of aromatic nitrogens is 2. The number of ether oxygens (including phenoxy) is 2. The Kier molecular flexibility index (Phi) is 3.67. The van der Waals surface area contributed by atoms with Crippen LogP contribution in [-0.2, 0) is 9.47 Å². The van der Waals surface area contributed by atoms with Gasteiger partial charge in [0.25, 0.3) is 0 Å². The van der Waals surface area contributed by atoms with Gasteiger partial charge < -0.3 is 9.47 Å². The molecule has 0 saturated carbocycles. The van der Waals surface area contributed by atoms with E-state index in [9.17, 15) is 9.59 Å². The first-order chi connectivity index (χ1) is 7.17. The molecule has 7 nitrogen and oxygen atoms in total. The van der Waals surface area contributed by atoms with E-state index in [2.05, 4.69) is 20.3 Å². The van der Waals surface area contributed by atoms with E-state index >= 15 is 0 Å². The van der Waals surface area contributed by atoms with Crippen LogP contribution < -0.4 is 5.32 Å². The lowest BCUT2D eigenvalue weighted by atomic mass is 10.4. The lowest BCUT2D eigenvalue weighted by Crippen LogP contribution is -2.11. The molecule has 0 saturated heterocycles. The van der Waals surface area contributed by atoms with E-state index in [0.717, 1.165) is 0 Å². The Morgan fingerprint density at radius 3 is 2.93 bits per heavy atom. The van der Waals surface area contributed by atoms with Crippen molar-refractivity contribution in [3.63, 3.8) is 0 Å². The van der Waals surface area contributed by atoms with E-state index in [0.29, 0.717) is 0 Å². The van der Waals surface area contributed by atoms with Gasteiger partial charge in [0.1, 0.15) is 5.69 Å². The zero-order chi connectivity index (χ0) is 11.3. The Morgan fingerprint density at radius 1 is 1.60 bits per heavy atom. The molecule has 0 fully saturated rings. The van der Waals surface area contributed by atoms with Crippen molar-refractivity contribution in [2.45, 2.75) is 6.92 Å². The fraction of sp³-hybridized carbons (Fsp3) is 0.375. The molecule has 1 rings (SSSR count). The van der Waals surface area contributed by atoms with Crippen molar-refractivity contribution in [1.82, 2.24) is 10.2 Å². The minimum absolute atomic E-state index is 0.170. The molecular weight excluding hydrogens is 202 g/mol. The van der Waals surface area contributed by atoms with Gasteiger partial charge >= 0.3 is 12.1 Å². The molecule has 0 atom stereocenters. The number of carbonyl (C=O) groups excluding carboxylic acids is 2. The van der Waals surface area contributed by atoms with Crippen LogP contribution in [0.2, 0.25) is 0 Å². The highest BCUT2D eigenvalue weighted by molar-refractivity contribution is 5.90. The van der Waals surface area contributed by atoms with Gasteiger partial charge in [-0.1, -0.05) is 0 Å². The molecule has 1 aromatic rings. The van der Waals surface area contributed by atoms with Crippen molar-refractivity contribution in [3.05, 3.63) is 11.8 Å². The molecule has 0 aromatic carbocycles. The van der Waals surface area contributed by atoms with Crippen molar-refractivity contribution in [1.29, 1.82) is 0 Å². The minimum atomic E-state index is -0.656. The summed E-state index contributed by atoms with van der Waals surface area (Å²) in [4.78, 5) is 22.0. The Morgan fingerprint density at radius 2 is 2.33 bits per heavy atom. The van der Waals surface area contributed by atoms with E-state index in [1.54, 1.807) is 6.92 Å². The second-order valence-electron chi connectivity index (χ2n) is 2.50. The molecule has 0 aliphatic heterocycles. The van der Waals surface area contributed by atoms with Gasteiger partial charge in [-0.15, -0.1) is 0 Å². The molecule has 0 aliphatic carbocycles. The highest BCUT2D eigenvalue weighted by Crippen LogP contribution is 2.06. The number of anilines is 1. The second kappa shape index (κ2) is 4.99. The number of H-pyrrole nitrogens is 1. The van der Waals surface area contributed by atoms with E-state index in [4.69, 9.17) is 4.74 Å². The molecule has 0 spiro atoms. The normalized spacial score (nSPS) is 9.47. The molecule has 2 N–H and O–H groups in total. The summed E-state index contributed by atoms with van der Waals surface area (Å²) in [6.07, 6.45) is -0.656. The number of hydrogen-bond donors (Lipinski definition) is 2. The van der Waals surface area contributed by atoms with Crippen LogP contribution in [0.1, 0.15) is 17.4 Å². The predicted octanol–water partition coefficient (Wildman–Crippen LogP) is 0.765. The molecule has 15 heavy (non-hydrogen) atoms. The molecule has 82 valence electrons. The first kappa shape index (κ1) is 11.0. The molecule has 1 amide bonds. The number of nitrogens with zero attached hydrogens (tertiary/aromatic N) is 1. The Hall–Kier alpha value is -2.05. The van der Waals surface area contributed by atoms with Gasteiger partial charge in [-0.05, 0) is 6.92 Å². The average molecular weight is 213 g/mol. The Balaban J connectivity index is 2.63. The third-order valence-corrected chi connectivity index (χ3v) is 1.49. The summed E-state index contributed by atoms with van der Waals surface area (Å²) < 4.78 is 9.07. The lowest BCUT2D eigenvalue weighted by Gasteiger charge is -1.97. The summed E-state index contributed by atoms with van der Waals surface area (Å²) in [7, 11) is 1.23. The quantitative estimate of drug-likeness (QED) is 0.723. The number of nitrogens with one attached hydrogen (secondary N) is 2. The first-order valence-electron chi connectivity index (χ1n) is 4.25. The summed E-state index contributed by atoms with van der Waals surface area (Å²) in [6.45, 7) is 1.97. The third-order valence-electron chi connectivity index (χ3n) is 1.49. The molecule has 1 heterocycles. The average Bonchev–Trinajstić information content (AvgIpc) is 2.66. The largest absolute Gasteiger partial charge is 0.461 e. The van der Waals surface area contributed by atoms with Gasteiger partial charge in [0.2, 0.25) is 0 Å². The molecule has 0 bridgehead atoms. The number of rotatable bonds is 3. The standard InChI is InChI=1S/C8H11N3O4/c1-3-15-7(12)5-4-6(11-10-5)9-8(13)14-2/h4H,3H2,1-2H3,(H2,9,10,11,13). The van der Waals surface area contributed by atoms with Crippen molar-refractivity contribution in [2.75, 3.05) is 19.0 Å². The lowest BCUT2D eigenvalue weighted by molar-refractivity contribution is 0.0519. The maximum atomic E-state index is 11.2. The minimum Gasteiger partial charge on any atom is -0.461 e. The van der Waals surface area contributed by atoms with Gasteiger partial charge in [-0.2, -0.15) is 5.10 Å². The van der Waals surface area contributed by atoms with Crippen LogP contribution in [0, 0.1) is 0 Å². The highest BCUT2D eigenvalue weighted by Gasteiger charge is 2.11. The number of esters is 1. The molecule has 1 aromatic heterocycles. The van der Waals surface area contributed by atoms with E-state index in [-0.39, 0.29) is 18.1 Å². The van der Waals surface area contributed by atoms with Crippen LogP contribution in [0.5, 0.6) is 0 Å². The summed E-state index contributed by atoms with van der Waals surface area (Å²) >= 11 is 0. The number of hydrogen-bond acceptors (Lipinski definition) is 5.